The van der Waals surface area contributed by atoms with E-state index >= 15 is 0 Å². The van der Waals surface area contributed by atoms with Crippen LogP contribution in [0.25, 0.3) is 11.0 Å². The quantitative estimate of drug-likeness (QED) is 0.926. The third-order valence-corrected chi connectivity index (χ3v) is 3.77. The summed E-state index contributed by atoms with van der Waals surface area (Å²) in [6.07, 6.45) is -1.26. The number of nitrogen functional groups attached to an aromatic ring is 1. The van der Waals surface area contributed by atoms with Crippen LogP contribution in [0.5, 0.6) is 0 Å². The molecule has 0 spiro atoms. The van der Waals surface area contributed by atoms with Crippen LogP contribution in [0.1, 0.15) is 24.8 Å². The summed E-state index contributed by atoms with van der Waals surface area (Å²) < 4.78 is 45.5. The summed E-state index contributed by atoms with van der Waals surface area (Å²) in [5.74, 6) is 0.221. The summed E-state index contributed by atoms with van der Waals surface area (Å²) in [7, 11) is 0. The van der Waals surface area contributed by atoms with Crippen molar-refractivity contribution in [2.45, 2.75) is 38.1 Å². The lowest BCUT2D eigenvalue weighted by Gasteiger charge is -2.23. The second kappa shape index (κ2) is 5.22. The number of halogens is 3. The number of hydrogen-bond donors (Lipinski definition) is 1. The maximum atomic E-state index is 12.7. The molecule has 0 radical (unpaired) electrons. The fourth-order valence-electron chi connectivity index (χ4n) is 2.67. The van der Waals surface area contributed by atoms with Gasteiger partial charge in [0.15, 0.2) is 0 Å². The van der Waals surface area contributed by atoms with Gasteiger partial charge in [-0.25, -0.2) is 4.98 Å². The number of fused-ring (bicyclic) bond motifs is 1. The third kappa shape index (κ3) is 2.83. The zero-order chi connectivity index (χ0) is 15.0. The van der Waals surface area contributed by atoms with Crippen LogP contribution >= 0.6 is 0 Å². The van der Waals surface area contributed by atoms with Gasteiger partial charge in [-0.1, -0.05) is 0 Å². The number of hydrogen-bond acceptors (Lipinski definition) is 3. The van der Waals surface area contributed by atoms with Gasteiger partial charge in [0, 0.05) is 6.61 Å². The van der Waals surface area contributed by atoms with Crippen LogP contribution in [0.3, 0.4) is 0 Å². The molecule has 2 aromatic rings. The molecule has 2 heterocycles. The summed E-state index contributed by atoms with van der Waals surface area (Å²) in [5, 5.41) is 0. The Morgan fingerprint density at radius 3 is 2.81 bits per heavy atom. The van der Waals surface area contributed by atoms with Crippen molar-refractivity contribution in [1.82, 2.24) is 9.55 Å². The molecule has 1 aliphatic rings. The summed E-state index contributed by atoms with van der Waals surface area (Å²) in [5.41, 5.74) is 6.00. The maximum absolute atomic E-state index is 12.7. The first kappa shape index (κ1) is 14.2. The highest BCUT2D eigenvalue weighted by Gasteiger charge is 2.31. The number of benzene rings is 1. The van der Waals surface area contributed by atoms with Crippen molar-refractivity contribution in [3.63, 3.8) is 0 Å². The Kier molecular flexibility index (Phi) is 3.52. The van der Waals surface area contributed by atoms with Gasteiger partial charge in [-0.3, -0.25) is 0 Å². The molecule has 1 atom stereocenters. The van der Waals surface area contributed by atoms with Crippen molar-refractivity contribution in [3.05, 3.63) is 23.8 Å². The van der Waals surface area contributed by atoms with Gasteiger partial charge in [0.1, 0.15) is 0 Å². The standard InChI is InChI=1S/C14H16F3N3O/c15-14(16,17)9-4-5-12-11(7-9)19-13(18)20(12)8-10-3-1-2-6-21-10/h4-5,7,10H,1-3,6,8H2,(H2,18,19). The van der Waals surface area contributed by atoms with Crippen molar-refractivity contribution in [2.75, 3.05) is 12.3 Å². The second-order valence-corrected chi connectivity index (χ2v) is 5.27. The predicted octanol–water partition coefficient (Wildman–Crippen LogP) is 3.21. The van der Waals surface area contributed by atoms with Crippen LogP contribution < -0.4 is 5.73 Å². The highest BCUT2D eigenvalue weighted by molar-refractivity contribution is 5.79. The van der Waals surface area contributed by atoms with Crippen LogP contribution in [0.4, 0.5) is 19.1 Å². The maximum Gasteiger partial charge on any atom is 0.416 e. The molecule has 114 valence electrons. The number of aromatic nitrogens is 2. The average molecular weight is 299 g/mol. The number of alkyl halides is 3. The normalized spacial score (nSPS) is 20.0. The number of nitrogens with two attached hydrogens (primary N) is 1. The minimum absolute atomic E-state index is 0.0424. The van der Waals surface area contributed by atoms with Crippen LogP contribution in [-0.2, 0) is 17.5 Å². The largest absolute Gasteiger partial charge is 0.416 e. The van der Waals surface area contributed by atoms with Gasteiger partial charge < -0.3 is 15.0 Å². The van der Waals surface area contributed by atoms with E-state index in [4.69, 9.17) is 10.5 Å². The Hall–Kier alpha value is -1.76. The Bertz CT molecular complexity index is 645. The fraction of sp³-hybridized carbons (Fsp3) is 0.500. The summed E-state index contributed by atoms with van der Waals surface area (Å²) in [4.78, 5) is 4.04. The minimum Gasteiger partial charge on any atom is -0.376 e. The SMILES string of the molecule is Nc1nc2cc(C(F)(F)F)ccc2n1CC1CCCCO1. The van der Waals surface area contributed by atoms with E-state index in [0.717, 1.165) is 38.0 Å². The molecule has 2 N–H and O–H groups in total. The molecule has 0 amide bonds. The van der Waals surface area contributed by atoms with E-state index in [1.165, 1.54) is 6.07 Å². The van der Waals surface area contributed by atoms with Gasteiger partial charge in [-0.15, -0.1) is 0 Å². The smallest absolute Gasteiger partial charge is 0.376 e. The number of imidazole rings is 1. The molecule has 4 nitrogen and oxygen atoms in total. The summed E-state index contributed by atoms with van der Waals surface area (Å²) >= 11 is 0. The Labute approximate surface area is 119 Å². The van der Waals surface area contributed by atoms with Gasteiger partial charge in [0.2, 0.25) is 5.95 Å². The van der Waals surface area contributed by atoms with E-state index in [9.17, 15) is 13.2 Å². The molecule has 21 heavy (non-hydrogen) atoms. The highest BCUT2D eigenvalue weighted by Crippen LogP contribution is 2.32. The van der Waals surface area contributed by atoms with E-state index in [0.29, 0.717) is 12.1 Å². The summed E-state index contributed by atoms with van der Waals surface area (Å²) in [6, 6.07) is 3.51. The molecule has 1 saturated heterocycles. The Balaban J connectivity index is 1.93. The number of anilines is 1. The molecule has 7 heteroatoms. The van der Waals surface area contributed by atoms with Crippen molar-refractivity contribution < 1.29 is 17.9 Å². The molecule has 1 aromatic carbocycles. The number of nitrogens with zero attached hydrogens (tertiary/aromatic N) is 2. The molecule has 0 saturated carbocycles. The molecule has 1 aromatic heterocycles. The third-order valence-electron chi connectivity index (χ3n) is 3.77. The lowest BCUT2D eigenvalue weighted by atomic mass is 10.1. The van der Waals surface area contributed by atoms with E-state index in [1.807, 2.05) is 0 Å². The van der Waals surface area contributed by atoms with Gasteiger partial charge in [-0.2, -0.15) is 13.2 Å². The monoisotopic (exact) mass is 299 g/mol. The van der Waals surface area contributed by atoms with Crippen molar-refractivity contribution in [2.24, 2.45) is 0 Å². The zero-order valence-corrected chi connectivity index (χ0v) is 11.4. The highest BCUT2D eigenvalue weighted by atomic mass is 19.4. The molecule has 3 rings (SSSR count). The van der Waals surface area contributed by atoms with Crippen LogP contribution in [-0.4, -0.2) is 22.3 Å². The van der Waals surface area contributed by atoms with Crippen molar-refractivity contribution in [1.29, 1.82) is 0 Å². The van der Waals surface area contributed by atoms with E-state index in [2.05, 4.69) is 4.98 Å². The van der Waals surface area contributed by atoms with Gasteiger partial charge >= 0.3 is 6.18 Å². The fourth-order valence-corrected chi connectivity index (χ4v) is 2.67. The first-order chi connectivity index (χ1) is 9.95. The molecule has 0 aliphatic carbocycles. The van der Waals surface area contributed by atoms with Crippen LogP contribution in [0.15, 0.2) is 18.2 Å². The molecule has 1 aliphatic heterocycles. The van der Waals surface area contributed by atoms with Crippen LogP contribution in [0.2, 0.25) is 0 Å². The summed E-state index contributed by atoms with van der Waals surface area (Å²) in [6.45, 7) is 1.24. The molecule has 0 bridgehead atoms. The zero-order valence-electron chi connectivity index (χ0n) is 11.4. The second-order valence-electron chi connectivity index (χ2n) is 5.27. The Morgan fingerprint density at radius 2 is 2.14 bits per heavy atom. The number of rotatable bonds is 2. The molecular formula is C14H16F3N3O. The van der Waals surface area contributed by atoms with Crippen molar-refractivity contribution in [3.8, 4) is 0 Å². The number of ether oxygens (including phenoxy) is 1. The molecular weight excluding hydrogens is 283 g/mol. The topological polar surface area (TPSA) is 53.1 Å². The lowest BCUT2D eigenvalue weighted by Crippen LogP contribution is -2.25. The molecule has 1 fully saturated rings. The van der Waals surface area contributed by atoms with Crippen molar-refractivity contribution >= 4 is 17.0 Å². The molecule has 1 unspecified atom stereocenters. The van der Waals surface area contributed by atoms with Gasteiger partial charge in [0.25, 0.3) is 0 Å². The van der Waals surface area contributed by atoms with E-state index in [1.54, 1.807) is 4.57 Å². The van der Waals surface area contributed by atoms with E-state index in [-0.39, 0.29) is 17.6 Å². The van der Waals surface area contributed by atoms with Gasteiger partial charge in [-0.05, 0) is 37.5 Å². The first-order valence-corrected chi connectivity index (χ1v) is 6.90. The lowest BCUT2D eigenvalue weighted by molar-refractivity contribution is -0.137. The predicted molar refractivity (Wildman–Crippen MR) is 72.7 cm³/mol. The Morgan fingerprint density at radius 1 is 1.33 bits per heavy atom. The van der Waals surface area contributed by atoms with E-state index < -0.39 is 11.7 Å². The first-order valence-electron chi connectivity index (χ1n) is 6.90. The minimum atomic E-state index is -4.38. The van der Waals surface area contributed by atoms with Gasteiger partial charge in [0.05, 0.1) is 29.2 Å². The average Bonchev–Trinajstić information content (AvgIpc) is 2.75. The van der Waals surface area contributed by atoms with Crippen LogP contribution in [0, 0.1) is 0 Å².